The molecule has 0 N–H and O–H groups in total. The van der Waals surface area contributed by atoms with Crippen LogP contribution in [0.2, 0.25) is 0 Å². The fourth-order valence-electron chi connectivity index (χ4n) is 3.33. The Labute approximate surface area is 147 Å². The highest BCUT2D eigenvalue weighted by Gasteiger charge is 2.32. The lowest BCUT2D eigenvalue weighted by atomic mass is 9.77. The van der Waals surface area contributed by atoms with Crippen LogP contribution in [0.3, 0.4) is 0 Å². The molecule has 0 spiro atoms. The van der Waals surface area contributed by atoms with Gasteiger partial charge in [0.2, 0.25) is 0 Å². The number of carbonyl (C=O) groups is 2. The second kappa shape index (κ2) is 7.09. The molecule has 1 aromatic rings. The van der Waals surface area contributed by atoms with E-state index < -0.39 is 6.10 Å². The van der Waals surface area contributed by atoms with Crippen LogP contribution in [-0.4, -0.2) is 18.5 Å². The molecule has 0 amide bonds. The summed E-state index contributed by atoms with van der Waals surface area (Å²) in [6.45, 7) is 7.12. The van der Waals surface area contributed by atoms with E-state index in [1.165, 1.54) is 18.1 Å². The Morgan fingerprint density at radius 1 is 1.24 bits per heavy atom. The number of hydrogen-bond donors (Lipinski definition) is 0. The summed E-state index contributed by atoms with van der Waals surface area (Å²) < 4.78 is 10.9. The topological polar surface area (TPSA) is 52.6 Å². The van der Waals surface area contributed by atoms with Gasteiger partial charge in [0, 0.05) is 24.0 Å². The maximum Gasteiger partial charge on any atom is 0.334 e. The lowest BCUT2D eigenvalue weighted by Gasteiger charge is -2.33. The summed E-state index contributed by atoms with van der Waals surface area (Å²) in [4.78, 5) is 23.2. The summed E-state index contributed by atoms with van der Waals surface area (Å²) in [7, 11) is 0. The maximum absolute atomic E-state index is 12.1. The van der Waals surface area contributed by atoms with Gasteiger partial charge in [-0.15, -0.1) is 0 Å². The van der Waals surface area contributed by atoms with Crippen molar-refractivity contribution in [2.75, 3.05) is 6.61 Å². The summed E-state index contributed by atoms with van der Waals surface area (Å²) in [6.07, 6.45) is 5.27. The van der Waals surface area contributed by atoms with Gasteiger partial charge in [-0.3, -0.25) is 4.79 Å². The van der Waals surface area contributed by atoms with Crippen LogP contribution in [0.15, 0.2) is 59.7 Å². The van der Waals surface area contributed by atoms with Crippen molar-refractivity contribution in [2.45, 2.75) is 32.8 Å². The molecule has 4 heteroatoms. The summed E-state index contributed by atoms with van der Waals surface area (Å²) in [5, 5.41) is 0. The third-order valence-corrected chi connectivity index (χ3v) is 4.56. The molecule has 0 radical (unpaired) electrons. The van der Waals surface area contributed by atoms with Crippen LogP contribution in [-0.2, 0) is 25.5 Å². The monoisotopic (exact) mass is 338 g/mol. The zero-order chi connectivity index (χ0) is 18.0. The van der Waals surface area contributed by atoms with Crippen LogP contribution in [0.25, 0.3) is 0 Å². The Bertz CT molecular complexity index is 785. The first kappa shape index (κ1) is 17.2. The van der Waals surface area contributed by atoms with Gasteiger partial charge in [-0.25, -0.2) is 4.79 Å². The van der Waals surface area contributed by atoms with Crippen LogP contribution in [0.4, 0.5) is 0 Å². The van der Waals surface area contributed by atoms with E-state index in [2.05, 4.69) is 12.6 Å². The van der Waals surface area contributed by atoms with Crippen molar-refractivity contribution in [3.05, 3.63) is 70.8 Å². The Hall–Kier alpha value is -2.62. The average Bonchev–Trinajstić information content (AvgIpc) is 2.59. The van der Waals surface area contributed by atoms with Crippen molar-refractivity contribution >= 4 is 11.9 Å². The van der Waals surface area contributed by atoms with Crippen LogP contribution >= 0.6 is 0 Å². The first-order valence-corrected chi connectivity index (χ1v) is 8.43. The van der Waals surface area contributed by atoms with Crippen LogP contribution < -0.4 is 0 Å². The molecule has 3 rings (SSSR count). The van der Waals surface area contributed by atoms with Gasteiger partial charge in [0.05, 0.1) is 6.61 Å². The van der Waals surface area contributed by atoms with Gasteiger partial charge in [0.25, 0.3) is 0 Å². The van der Waals surface area contributed by atoms with E-state index in [1.807, 2.05) is 30.4 Å². The molecule has 4 nitrogen and oxygen atoms in total. The minimum atomic E-state index is -0.407. The molecule has 0 saturated heterocycles. The van der Waals surface area contributed by atoms with E-state index in [9.17, 15) is 9.59 Å². The second-order valence-electron chi connectivity index (χ2n) is 6.63. The molecule has 2 aliphatic carbocycles. The zero-order valence-corrected chi connectivity index (χ0v) is 14.6. The Kier molecular flexibility index (Phi) is 4.88. The van der Waals surface area contributed by atoms with E-state index in [0.717, 1.165) is 24.0 Å². The highest BCUT2D eigenvalue weighted by molar-refractivity contribution is 5.87. The molecular formula is C21H22O4. The number of allylic oxidation sites excluding steroid dienone is 1. The smallest absolute Gasteiger partial charge is 0.334 e. The molecule has 0 aliphatic heterocycles. The van der Waals surface area contributed by atoms with Crippen molar-refractivity contribution in [2.24, 2.45) is 5.92 Å². The normalized spacial score (nSPS) is 21.2. The summed E-state index contributed by atoms with van der Waals surface area (Å²) in [5.74, 6) is -0.496. The molecule has 2 aliphatic rings. The van der Waals surface area contributed by atoms with Crippen molar-refractivity contribution in [3.63, 3.8) is 0 Å². The molecule has 2 unspecified atom stereocenters. The standard InChI is InChI=1S/C21H22O4/c1-13(2)21(23)25-20-18-7-5-4-6-16(18)11-17-10-15(8-9-19(17)20)12-24-14(3)22/h4-9,15,20H,1,10-12H2,2-3H3. The van der Waals surface area contributed by atoms with Gasteiger partial charge in [-0.1, -0.05) is 48.6 Å². The van der Waals surface area contributed by atoms with Crippen molar-refractivity contribution in [1.29, 1.82) is 0 Å². The highest BCUT2D eigenvalue weighted by atomic mass is 16.5. The van der Waals surface area contributed by atoms with E-state index >= 15 is 0 Å². The van der Waals surface area contributed by atoms with Crippen LogP contribution in [0.1, 0.15) is 37.5 Å². The fourth-order valence-corrected chi connectivity index (χ4v) is 3.33. The number of benzene rings is 1. The third kappa shape index (κ3) is 3.73. The Morgan fingerprint density at radius 2 is 2.00 bits per heavy atom. The second-order valence-corrected chi connectivity index (χ2v) is 6.63. The van der Waals surface area contributed by atoms with Crippen molar-refractivity contribution in [1.82, 2.24) is 0 Å². The molecule has 1 aromatic carbocycles. The Balaban J connectivity index is 1.88. The van der Waals surface area contributed by atoms with Gasteiger partial charge in [0.1, 0.15) is 0 Å². The SMILES string of the molecule is C=C(C)C(=O)OC1C2=C(Cc3ccccc31)CC(COC(C)=O)C=C2. The molecule has 2 atom stereocenters. The highest BCUT2D eigenvalue weighted by Crippen LogP contribution is 2.42. The number of rotatable bonds is 4. The van der Waals surface area contributed by atoms with Crippen LogP contribution in [0.5, 0.6) is 0 Å². The van der Waals surface area contributed by atoms with E-state index in [-0.39, 0.29) is 17.9 Å². The van der Waals surface area contributed by atoms with E-state index in [4.69, 9.17) is 9.47 Å². The third-order valence-electron chi connectivity index (χ3n) is 4.56. The number of esters is 2. The quantitative estimate of drug-likeness (QED) is 0.618. The van der Waals surface area contributed by atoms with Gasteiger partial charge < -0.3 is 9.47 Å². The summed E-state index contributed by atoms with van der Waals surface area (Å²) in [6, 6.07) is 8.04. The summed E-state index contributed by atoms with van der Waals surface area (Å²) in [5.41, 5.74) is 4.85. The van der Waals surface area contributed by atoms with Gasteiger partial charge in [-0.05, 0) is 30.9 Å². The minimum Gasteiger partial charge on any atom is -0.465 e. The number of fused-ring (bicyclic) bond motifs is 1. The molecule has 0 saturated carbocycles. The molecule has 25 heavy (non-hydrogen) atoms. The number of ether oxygens (including phenoxy) is 2. The van der Waals surface area contributed by atoms with Crippen molar-refractivity contribution < 1.29 is 19.1 Å². The van der Waals surface area contributed by atoms with Gasteiger partial charge in [-0.2, -0.15) is 0 Å². The minimum absolute atomic E-state index is 0.158. The fraction of sp³-hybridized carbons (Fsp3) is 0.333. The van der Waals surface area contributed by atoms with Gasteiger partial charge in [0.15, 0.2) is 6.10 Å². The molecule has 130 valence electrons. The maximum atomic E-state index is 12.1. The first-order valence-electron chi connectivity index (χ1n) is 8.43. The lowest BCUT2D eigenvalue weighted by molar-refractivity contribution is -0.143. The number of carbonyl (C=O) groups excluding carboxylic acids is 2. The molecule has 0 bridgehead atoms. The molecular weight excluding hydrogens is 316 g/mol. The summed E-state index contributed by atoms with van der Waals surface area (Å²) >= 11 is 0. The zero-order valence-electron chi connectivity index (χ0n) is 14.6. The lowest BCUT2D eigenvalue weighted by Crippen LogP contribution is -2.24. The molecule has 0 fully saturated rings. The van der Waals surface area contributed by atoms with Crippen LogP contribution in [0, 0.1) is 5.92 Å². The largest absolute Gasteiger partial charge is 0.465 e. The van der Waals surface area contributed by atoms with E-state index in [0.29, 0.717) is 12.2 Å². The van der Waals surface area contributed by atoms with E-state index in [1.54, 1.807) is 6.92 Å². The average molecular weight is 338 g/mol. The predicted octanol–water partition coefficient (Wildman–Crippen LogP) is 3.84. The molecule has 0 heterocycles. The Morgan fingerprint density at radius 3 is 2.72 bits per heavy atom. The molecule has 0 aromatic heterocycles. The first-order chi connectivity index (χ1) is 12.0. The van der Waals surface area contributed by atoms with Gasteiger partial charge >= 0.3 is 11.9 Å². The number of hydrogen-bond acceptors (Lipinski definition) is 4. The van der Waals surface area contributed by atoms with Crippen molar-refractivity contribution in [3.8, 4) is 0 Å². The predicted molar refractivity (Wildman–Crippen MR) is 94.7 cm³/mol.